The first-order valence-electron chi connectivity index (χ1n) is 8.68. The minimum absolute atomic E-state index is 0.0766. The largest absolute Gasteiger partial charge is 0.465 e. The minimum atomic E-state index is -2.46. The van der Waals surface area contributed by atoms with E-state index in [1.807, 2.05) is 6.92 Å². The third-order valence-electron chi connectivity index (χ3n) is 3.37. The Labute approximate surface area is 153 Å². The molecule has 0 aliphatic carbocycles. The molecule has 0 N–H and O–H groups in total. The first-order valence-corrected chi connectivity index (χ1v) is 8.68. The lowest BCUT2D eigenvalue weighted by Crippen LogP contribution is -2.50. The zero-order valence-corrected chi connectivity index (χ0v) is 15.9. The number of unbranched alkanes of at least 4 members (excludes halogenated alkanes) is 1. The second kappa shape index (κ2) is 12.1. The zero-order chi connectivity index (χ0) is 20.2. The van der Waals surface area contributed by atoms with Crippen LogP contribution in [-0.4, -0.2) is 50.3 Å². The van der Waals surface area contributed by atoms with Crippen molar-refractivity contribution in [3.8, 4) is 0 Å². The summed E-state index contributed by atoms with van der Waals surface area (Å²) in [5, 5.41) is 0. The maximum absolute atomic E-state index is 12.5. The van der Waals surface area contributed by atoms with Gasteiger partial charge in [-0.2, -0.15) is 0 Å². The van der Waals surface area contributed by atoms with Crippen LogP contribution in [0.2, 0.25) is 0 Å². The van der Waals surface area contributed by atoms with Gasteiger partial charge in [0, 0.05) is 12.0 Å². The van der Waals surface area contributed by atoms with Gasteiger partial charge in [-0.25, -0.2) is 4.79 Å². The highest BCUT2D eigenvalue weighted by Crippen LogP contribution is 2.32. The molecule has 0 saturated carbocycles. The molecule has 0 rings (SSSR count). The molecule has 148 valence electrons. The van der Waals surface area contributed by atoms with Crippen LogP contribution in [0.4, 0.5) is 0 Å². The van der Waals surface area contributed by atoms with Gasteiger partial charge in [0.25, 0.3) is 5.41 Å². The molecule has 26 heavy (non-hydrogen) atoms. The number of rotatable bonds is 12. The second-order valence-electron chi connectivity index (χ2n) is 5.34. The topological polar surface area (TPSA) is 105 Å². The van der Waals surface area contributed by atoms with Crippen LogP contribution < -0.4 is 0 Å². The van der Waals surface area contributed by atoms with E-state index in [9.17, 15) is 19.2 Å². The Hall–Kier alpha value is -2.38. The molecule has 0 atom stereocenters. The SMILES string of the molecule is C=C(CC(C(=O)OCC)(C(=O)OCC)C(=O)OCC)C(=O)OCCCC. The van der Waals surface area contributed by atoms with E-state index < -0.39 is 35.7 Å². The molecule has 0 aromatic heterocycles. The van der Waals surface area contributed by atoms with Crippen LogP contribution in [0.15, 0.2) is 12.2 Å². The minimum Gasteiger partial charge on any atom is -0.465 e. The first-order chi connectivity index (χ1) is 12.3. The van der Waals surface area contributed by atoms with Crippen molar-refractivity contribution in [2.75, 3.05) is 26.4 Å². The molecule has 0 aromatic rings. The van der Waals surface area contributed by atoms with Crippen molar-refractivity contribution in [2.24, 2.45) is 5.41 Å². The molecule has 0 aromatic carbocycles. The Morgan fingerprint density at radius 2 is 1.19 bits per heavy atom. The molecule has 8 nitrogen and oxygen atoms in total. The molecule has 0 radical (unpaired) electrons. The molecule has 0 bridgehead atoms. The number of carbonyl (C=O) groups excluding carboxylic acids is 4. The first kappa shape index (κ1) is 23.6. The Morgan fingerprint density at radius 3 is 1.54 bits per heavy atom. The fourth-order valence-electron chi connectivity index (χ4n) is 2.03. The zero-order valence-electron chi connectivity index (χ0n) is 15.9. The van der Waals surface area contributed by atoms with Gasteiger partial charge in [-0.15, -0.1) is 0 Å². The summed E-state index contributed by atoms with van der Waals surface area (Å²) in [6, 6.07) is 0. The van der Waals surface area contributed by atoms with E-state index in [0.717, 1.165) is 6.42 Å². The molecule has 0 spiro atoms. The fraction of sp³-hybridized carbons (Fsp3) is 0.667. The van der Waals surface area contributed by atoms with Crippen LogP contribution in [0.25, 0.3) is 0 Å². The van der Waals surface area contributed by atoms with Gasteiger partial charge in [-0.1, -0.05) is 19.9 Å². The van der Waals surface area contributed by atoms with Crippen LogP contribution in [0.3, 0.4) is 0 Å². The van der Waals surface area contributed by atoms with E-state index in [0.29, 0.717) is 6.42 Å². The number of hydrogen-bond acceptors (Lipinski definition) is 8. The summed E-state index contributed by atoms with van der Waals surface area (Å²) in [5.41, 5.74) is -2.68. The molecular weight excluding hydrogens is 344 g/mol. The summed E-state index contributed by atoms with van der Waals surface area (Å²) in [5.74, 6) is -4.26. The Kier molecular flexibility index (Phi) is 10.9. The van der Waals surface area contributed by atoms with E-state index in [2.05, 4.69) is 6.58 Å². The molecule has 0 amide bonds. The lowest BCUT2D eigenvalue weighted by atomic mass is 9.81. The molecule has 0 aliphatic heterocycles. The lowest BCUT2D eigenvalue weighted by molar-refractivity contribution is -0.183. The van der Waals surface area contributed by atoms with Crippen molar-refractivity contribution in [3.05, 3.63) is 12.2 Å². The number of hydrogen-bond donors (Lipinski definition) is 0. The third-order valence-corrected chi connectivity index (χ3v) is 3.37. The van der Waals surface area contributed by atoms with Crippen molar-refractivity contribution in [1.82, 2.24) is 0 Å². The lowest BCUT2D eigenvalue weighted by Gasteiger charge is -2.27. The predicted molar refractivity (Wildman–Crippen MR) is 92.0 cm³/mol. The smallest absolute Gasteiger partial charge is 0.335 e. The van der Waals surface area contributed by atoms with Crippen LogP contribution >= 0.6 is 0 Å². The van der Waals surface area contributed by atoms with Gasteiger partial charge in [-0.05, 0) is 27.2 Å². The average Bonchev–Trinajstić information content (AvgIpc) is 2.59. The van der Waals surface area contributed by atoms with Gasteiger partial charge in [0.15, 0.2) is 0 Å². The van der Waals surface area contributed by atoms with E-state index in [1.165, 1.54) is 20.8 Å². The van der Waals surface area contributed by atoms with E-state index in [-0.39, 0.29) is 32.0 Å². The maximum Gasteiger partial charge on any atom is 0.335 e. The van der Waals surface area contributed by atoms with Crippen molar-refractivity contribution >= 4 is 23.9 Å². The molecule has 0 unspecified atom stereocenters. The molecule has 0 aliphatic rings. The molecular formula is C18H28O8. The monoisotopic (exact) mass is 372 g/mol. The highest BCUT2D eigenvalue weighted by molar-refractivity contribution is 6.18. The summed E-state index contributed by atoms with van der Waals surface area (Å²) in [6.45, 7) is 9.97. The Morgan fingerprint density at radius 1 is 0.769 bits per heavy atom. The van der Waals surface area contributed by atoms with Crippen molar-refractivity contribution in [2.45, 2.75) is 47.0 Å². The standard InChI is InChI=1S/C18H28O8/c1-6-10-11-26-14(19)13(5)12-18(15(20)23-7-2,16(21)24-8-3)17(22)25-9-4/h5-12H2,1-4H3. The average molecular weight is 372 g/mol. The Bertz CT molecular complexity index is 478. The van der Waals surface area contributed by atoms with Crippen molar-refractivity contribution < 1.29 is 38.1 Å². The van der Waals surface area contributed by atoms with Gasteiger partial charge in [0.1, 0.15) is 0 Å². The Balaban J connectivity index is 5.74. The second-order valence-corrected chi connectivity index (χ2v) is 5.34. The molecule has 0 fully saturated rings. The molecule has 8 heteroatoms. The quantitative estimate of drug-likeness (QED) is 0.168. The number of carbonyl (C=O) groups is 4. The highest BCUT2D eigenvalue weighted by atomic mass is 16.6. The summed E-state index contributed by atoms with van der Waals surface area (Å²) >= 11 is 0. The molecule has 0 heterocycles. The van der Waals surface area contributed by atoms with Crippen LogP contribution in [0.5, 0.6) is 0 Å². The number of ether oxygens (including phenoxy) is 4. The third kappa shape index (κ3) is 6.16. The molecule has 0 saturated heterocycles. The summed E-state index contributed by atoms with van der Waals surface area (Å²) < 4.78 is 19.7. The summed E-state index contributed by atoms with van der Waals surface area (Å²) in [4.78, 5) is 49.6. The van der Waals surface area contributed by atoms with E-state index >= 15 is 0 Å². The summed E-state index contributed by atoms with van der Waals surface area (Å²) in [7, 11) is 0. The van der Waals surface area contributed by atoms with Gasteiger partial charge in [-0.3, -0.25) is 14.4 Å². The van der Waals surface area contributed by atoms with Crippen molar-refractivity contribution in [1.29, 1.82) is 0 Å². The van der Waals surface area contributed by atoms with Crippen molar-refractivity contribution in [3.63, 3.8) is 0 Å². The van der Waals surface area contributed by atoms with Gasteiger partial charge < -0.3 is 18.9 Å². The normalized spacial score (nSPS) is 10.6. The van der Waals surface area contributed by atoms with Crippen LogP contribution in [0.1, 0.15) is 47.0 Å². The maximum atomic E-state index is 12.5. The number of esters is 4. The predicted octanol–water partition coefficient (Wildman–Crippen LogP) is 1.95. The highest BCUT2D eigenvalue weighted by Gasteiger charge is 2.58. The van der Waals surface area contributed by atoms with Crippen LogP contribution in [0, 0.1) is 5.41 Å². The van der Waals surface area contributed by atoms with Gasteiger partial charge in [0.2, 0.25) is 0 Å². The van der Waals surface area contributed by atoms with E-state index in [1.54, 1.807) is 0 Å². The van der Waals surface area contributed by atoms with Crippen LogP contribution in [-0.2, 0) is 38.1 Å². The van der Waals surface area contributed by atoms with Gasteiger partial charge >= 0.3 is 23.9 Å². The van der Waals surface area contributed by atoms with Gasteiger partial charge in [0.05, 0.1) is 26.4 Å². The fourth-order valence-corrected chi connectivity index (χ4v) is 2.03. The van der Waals surface area contributed by atoms with E-state index in [4.69, 9.17) is 18.9 Å². The summed E-state index contributed by atoms with van der Waals surface area (Å²) in [6.07, 6.45) is 0.824.